The summed E-state index contributed by atoms with van der Waals surface area (Å²) >= 11 is 3.10. The van der Waals surface area contributed by atoms with Gasteiger partial charge in [0, 0.05) is 18.9 Å². The second-order valence-electron chi connectivity index (χ2n) is 3.27. The summed E-state index contributed by atoms with van der Waals surface area (Å²) in [5.74, 6) is 0.788. The molecule has 0 aliphatic carbocycles. The number of halogens is 2. The Labute approximate surface area is 106 Å². The maximum absolute atomic E-state index is 13.3. The van der Waals surface area contributed by atoms with Crippen molar-refractivity contribution >= 4 is 33.4 Å². The first-order valence-corrected chi connectivity index (χ1v) is 5.71. The average Bonchev–Trinajstić information content (AvgIpc) is 2.34. The van der Waals surface area contributed by atoms with E-state index in [1.165, 1.54) is 6.07 Å². The van der Waals surface area contributed by atoms with Crippen LogP contribution in [0.5, 0.6) is 0 Å². The molecule has 0 saturated carbocycles. The molecule has 0 amide bonds. The van der Waals surface area contributed by atoms with Crippen molar-refractivity contribution < 1.29 is 4.39 Å². The molecule has 0 radical (unpaired) electrons. The van der Waals surface area contributed by atoms with Crippen molar-refractivity contribution in [2.75, 3.05) is 17.7 Å². The SMILES string of the molecule is CNc1nccc(Nc2ccc(Br)c(F)c2)n1. The largest absolute Gasteiger partial charge is 0.357 e. The molecule has 17 heavy (non-hydrogen) atoms. The molecule has 0 atom stereocenters. The molecule has 2 aromatic rings. The van der Waals surface area contributed by atoms with E-state index in [9.17, 15) is 4.39 Å². The van der Waals surface area contributed by atoms with Gasteiger partial charge in [-0.25, -0.2) is 9.37 Å². The molecule has 0 aliphatic rings. The number of hydrogen-bond donors (Lipinski definition) is 2. The molecule has 2 rings (SSSR count). The number of rotatable bonds is 3. The Morgan fingerprint density at radius 3 is 2.82 bits per heavy atom. The van der Waals surface area contributed by atoms with Crippen molar-refractivity contribution in [1.82, 2.24) is 9.97 Å². The lowest BCUT2D eigenvalue weighted by Gasteiger charge is -2.07. The third-order valence-electron chi connectivity index (χ3n) is 2.07. The first-order valence-electron chi connectivity index (χ1n) is 4.92. The lowest BCUT2D eigenvalue weighted by Crippen LogP contribution is -1.99. The molecule has 0 bridgehead atoms. The van der Waals surface area contributed by atoms with Gasteiger partial charge in [0.05, 0.1) is 4.47 Å². The van der Waals surface area contributed by atoms with Crippen molar-refractivity contribution in [3.63, 3.8) is 0 Å². The summed E-state index contributed by atoms with van der Waals surface area (Å²) in [6.45, 7) is 0. The highest BCUT2D eigenvalue weighted by Gasteiger charge is 2.02. The van der Waals surface area contributed by atoms with Crippen LogP contribution in [0, 0.1) is 5.82 Å². The fourth-order valence-corrected chi connectivity index (χ4v) is 1.52. The van der Waals surface area contributed by atoms with Crippen LogP contribution in [-0.2, 0) is 0 Å². The second-order valence-corrected chi connectivity index (χ2v) is 4.12. The van der Waals surface area contributed by atoms with Gasteiger partial charge in [0.2, 0.25) is 5.95 Å². The topological polar surface area (TPSA) is 49.8 Å². The third-order valence-corrected chi connectivity index (χ3v) is 2.71. The fraction of sp³-hybridized carbons (Fsp3) is 0.0909. The molecule has 0 aliphatic heterocycles. The molecule has 0 unspecified atom stereocenters. The fourth-order valence-electron chi connectivity index (χ4n) is 1.27. The molecular weight excluding hydrogens is 287 g/mol. The standard InChI is InChI=1S/C11H10BrFN4/c1-14-11-15-5-4-10(17-11)16-7-2-3-8(12)9(13)6-7/h2-6H,1H3,(H2,14,15,16,17). The Balaban J connectivity index is 2.22. The van der Waals surface area contributed by atoms with Gasteiger partial charge in [-0.15, -0.1) is 0 Å². The van der Waals surface area contributed by atoms with Crippen LogP contribution in [0.15, 0.2) is 34.9 Å². The summed E-state index contributed by atoms with van der Waals surface area (Å²) in [4.78, 5) is 8.16. The highest BCUT2D eigenvalue weighted by atomic mass is 79.9. The van der Waals surface area contributed by atoms with Crippen molar-refractivity contribution in [1.29, 1.82) is 0 Å². The number of benzene rings is 1. The molecule has 0 fully saturated rings. The summed E-state index contributed by atoms with van der Waals surface area (Å²) in [6.07, 6.45) is 1.62. The van der Waals surface area contributed by atoms with Crippen LogP contribution < -0.4 is 10.6 Å². The van der Waals surface area contributed by atoms with Crippen LogP contribution in [-0.4, -0.2) is 17.0 Å². The summed E-state index contributed by atoms with van der Waals surface area (Å²) < 4.78 is 13.7. The minimum atomic E-state index is -0.321. The van der Waals surface area contributed by atoms with Crippen LogP contribution in [0.4, 0.5) is 21.8 Å². The van der Waals surface area contributed by atoms with E-state index in [-0.39, 0.29) is 5.82 Å². The summed E-state index contributed by atoms with van der Waals surface area (Å²) in [6, 6.07) is 6.50. The zero-order valence-electron chi connectivity index (χ0n) is 9.04. The van der Waals surface area contributed by atoms with Crippen LogP contribution in [0.2, 0.25) is 0 Å². The molecular formula is C11H10BrFN4. The zero-order chi connectivity index (χ0) is 12.3. The maximum Gasteiger partial charge on any atom is 0.224 e. The maximum atomic E-state index is 13.3. The number of nitrogens with one attached hydrogen (secondary N) is 2. The highest BCUT2D eigenvalue weighted by molar-refractivity contribution is 9.10. The molecule has 1 aromatic heterocycles. The first kappa shape index (κ1) is 11.8. The predicted octanol–water partition coefficient (Wildman–Crippen LogP) is 3.16. The quantitative estimate of drug-likeness (QED) is 0.913. The zero-order valence-corrected chi connectivity index (χ0v) is 10.6. The van der Waals surface area contributed by atoms with Crippen LogP contribution in [0.1, 0.15) is 0 Å². The van der Waals surface area contributed by atoms with E-state index in [2.05, 4.69) is 36.5 Å². The number of nitrogens with zero attached hydrogens (tertiary/aromatic N) is 2. The van der Waals surface area contributed by atoms with Crippen molar-refractivity contribution in [2.24, 2.45) is 0 Å². The average molecular weight is 297 g/mol. The Hall–Kier alpha value is -1.69. The van der Waals surface area contributed by atoms with Gasteiger partial charge < -0.3 is 10.6 Å². The molecule has 1 aromatic carbocycles. The second kappa shape index (κ2) is 5.09. The first-order chi connectivity index (χ1) is 8.19. The van der Waals surface area contributed by atoms with E-state index in [1.807, 2.05) is 0 Å². The van der Waals surface area contributed by atoms with Crippen LogP contribution in [0.25, 0.3) is 0 Å². The summed E-state index contributed by atoms with van der Waals surface area (Å²) in [7, 11) is 1.73. The third kappa shape index (κ3) is 2.91. The highest BCUT2D eigenvalue weighted by Crippen LogP contribution is 2.21. The van der Waals surface area contributed by atoms with Gasteiger partial charge in [-0.2, -0.15) is 4.98 Å². The van der Waals surface area contributed by atoms with Crippen LogP contribution >= 0.6 is 15.9 Å². The van der Waals surface area contributed by atoms with Gasteiger partial charge in [0.25, 0.3) is 0 Å². The van der Waals surface area contributed by atoms with Gasteiger partial charge in [-0.05, 0) is 40.2 Å². The molecule has 0 spiro atoms. The van der Waals surface area contributed by atoms with E-state index in [0.717, 1.165) is 0 Å². The Morgan fingerprint density at radius 1 is 1.29 bits per heavy atom. The van der Waals surface area contributed by atoms with E-state index >= 15 is 0 Å². The monoisotopic (exact) mass is 296 g/mol. The Morgan fingerprint density at radius 2 is 2.12 bits per heavy atom. The summed E-state index contributed by atoms with van der Waals surface area (Å²) in [5.41, 5.74) is 0.631. The molecule has 6 heteroatoms. The van der Waals surface area contributed by atoms with Gasteiger partial charge in [0.1, 0.15) is 11.6 Å². The Kier molecular flexibility index (Phi) is 3.53. The van der Waals surface area contributed by atoms with E-state index in [1.54, 1.807) is 31.4 Å². The summed E-state index contributed by atoms with van der Waals surface area (Å²) in [5, 5.41) is 5.82. The van der Waals surface area contributed by atoms with Crippen molar-refractivity contribution in [3.05, 3.63) is 40.8 Å². The van der Waals surface area contributed by atoms with Gasteiger partial charge >= 0.3 is 0 Å². The number of hydrogen-bond acceptors (Lipinski definition) is 4. The minimum Gasteiger partial charge on any atom is -0.357 e. The van der Waals surface area contributed by atoms with E-state index in [4.69, 9.17) is 0 Å². The minimum absolute atomic E-state index is 0.321. The van der Waals surface area contributed by atoms with Crippen molar-refractivity contribution in [2.45, 2.75) is 0 Å². The molecule has 0 saturated heterocycles. The molecule has 2 N–H and O–H groups in total. The van der Waals surface area contributed by atoms with Crippen LogP contribution in [0.3, 0.4) is 0 Å². The number of anilines is 3. The van der Waals surface area contributed by atoms with Gasteiger partial charge in [0.15, 0.2) is 0 Å². The van der Waals surface area contributed by atoms with E-state index < -0.39 is 0 Å². The Bertz CT molecular complexity index is 533. The van der Waals surface area contributed by atoms with Gasteiger partial charge in [-0.1, -0.05) is 0 Å². The molecule has 4 nitrogen and oxygen atoms in total. The lowest BCUT2D eigenvalue weighted by atomic mass is 10.3. The molecule has 88 valence electrons. The van der Waals surface area contributed by atoms with Crippen molar-refractivity contribution in [3.8, 4) is 0 Å². The normalized spacial score (nSPS) is 10.1. The number of aromatic nitrogens is 2. The predicted molar refractivity (Wildman–Crippen MR) is 69.0 cm³/mol. The molecule has 1 heterocycles. The smallest absolute Gasteiger partial charge is 0.224 e. The van der Waals surface area contributed by atoms with Gasteiger partial charge in [-0.3, -0.25) is 0 Å². The lowest BCUT2D eigenvalue weighted by molar-refractivity contribution is 0.622. The van der Waals surface area contributed by atoms with E-state index in [0.29, 0.717) is 21.9 Å².